The predicted molar refractivity (Wildman–Crippen MR) is 97.5 cm³/mol. The molecule has 0 spiro atoms. The highest BCUT2D eigenvalue weighted by Crippen LogP contribution is 2.42. The van der Waals surface area contributed by atoms with Gasteiger partial charge >= 0.3 is 0 Å². The Morgan fingerprint density at radius 3 is 2.54 bits per heavy atom. The summed E-state index contributed by atoms with van der Waals surface area (Å²) in [5.74, 6) is 1.24. The van der Waals surface area contributed by atoms with Gasteiger partial charge < -0.3 is 10.2 Å². The second-order valence-electron chi connectivity index (χ2n) is 9.15. The molecule has 0 bridgehead atoms. The molecule has 24 heavy (non-hydrogen) atoms. The first-order valence-corrected chi connectivity index (χ1v) is 9.78. The van der Waals surface area contributed by atoms with Crippen molar-refractivity contribution >= 4 is 11.8 Å². The lowest BCUT2D eigenvalue weighted by Crippen LogP contribution is -2.51. The minimum absolute atomic E-state index is 0.0374. The topological polar surface area (TPSA) is 49.4 Å². The van der Waals surface area contributed by atoms with Gasteiger partial charge in [-0.3, -0.25) is 9.59 Å². The summed E-state index contributed by atoms with van der Waals surface area (Å²) in [5.41, 5.74) is 0.327. The van der Waals surface area contributed by atoms with Crippen LogP contribution in [0.1, 0.15) is 79.6 Å². The molecule has 0 aromatic rings. The number of carbonyl (C=O) groups excluding carboxylic acids is 2. The van der Waals surface area contributed by atoms with Crippen molar-refractivity contribution in [2.75, 3.05) is 6.54 Å². The van der Waals surface area contributed by atoms with Crippen molar-refractivity contribution in [3.63, 3.8) is 0 Å². The van der Waals surface area contributed by atoms with Crippen LogP contribution in [0.2, 0.25) is 0 Å². The summed E-state index contributed by atoms with van der Waals surface area (Å²) in [6.45, 7) is 11.7. The molecule has 2 aliphatic rings. The van der Waals surface area contributed by atoms with Crippen molar-refractivity contribution in [2.45, 2.75) is 91.6 Å². The first kappa shape index (κ1) is 19.3. The van der Waals surface area contributed by atoms with Gasteiger partial charge in [0, 0.05) is 19.0 Å². The average Bonchev–Trinajstić information content (AvgIpc) is 2.44. The highest BCUT2D eigenvalue weighted by Gasteiger charge is 2.34. The average molecular weight is 337 g/mol. The summed E-state index contributed by atoms with van der Waals surface area (Å²) in [6.07, 6.45) is 7.38. The van der Waals surface area contributed by atoms with Gasteiger partial charge in [0.25, 0.3) is 0 Å². The number of piperidine rings is 1. The van der Waals surface area contributed by atoms with Crippen LogP contribution in [-0.2, 0) is 9.59 Å². The number of nitrogens with zero attached hydrogens (tertiary/aromatic N) is 1. The molecule has 2 amide bonds. The Morgan fingerprint density at radius 2 is 1.92 bits per heavy atom. The van der Waals surface area contributed by atoms with Gasteiger partial charge in [-0.2, -0.15) is 0 Å². The second kappa shape index (κ2) is 7.88. The van der Waals surface area contributed by atoms with Crippen LogP contribution < -0.4 is 5.32 Å². The molecule has 2 fully saturated rings. The molecule has 1 N–H and O–H groups in total. The van der Waals surface area contributed by atoms with E-state index in [-0.39, 0.29) is 11.8 Å². The van der Waals surface area contributed by atoms with Gasteiger partial charge in [0.15, 0.2) is 0 Å². The van der Waals surface area contributed by atoms with Crippen molar-refractivity contribution in [3.8, 4) is 0 Å². The number of rotatable bonds is 4. The minimum atomic E-state index is -0.410. The van der Waals surface area contributed by atoms with E-state index in [4.69, 9.17) is 0 Å². The zero-order valence-electron chi connectivity index (χ0n) is 16.2. The molecule has 1 aliphatic carbocycles. The first-order valence-electron chi connectivity index (χ1n) is 9.78. The van der Waals surface area contributed by atoms with E-state index in [0.29, 0.717) is 29.7 Å². The van der Waals surface area contributed by atoms with Crippen molar-refractivity contribution < 1.29 is 9.59 Å². The number of amides is 2. The number of nitrogens with one attached hydrogen (secondary N) is 1. The Balaban J connectivity index is 1.84. The van der Waals surface area contributed by atoms with Crippen molar-refractivity contribution in [3.05, 3.63) is 0 Å². The molecule has 4 atom stereocenters. The highest BCUT2D eigenvalue weighted by atomic mass is 16.2. The molecule has 1 heterocycles. The lowest BCUT2D eigenvalue weighted by atomic mass is 9.67. The van der Waals surface area contributed by atoms with Crippen LogP contribution in [-0.4, -0.2) is 35.3 Å². The Labute approximate surface area is 147 Å². The van der Waals surface area contributed by atoms with E-state index in [2.05, 4.69) is 33.0 Å². The van der Waals surface area contributed by atoms with Crippen LogP contribution in [0.3, 0.4) is 0 Å². The van der Waals surface area contributed by atoms with Gasteiger partial charge in [-0.1, -0.05) is 20.8 Å². The van der Waals surface area contributed by atoms with Crippen LogP contribution >= 0.6 is 0 Å². The molecular weight excluding hydrogens is 300 g/mol. The largest absolute Gasteiger partial charge is 0.345 e. The van der Waals surface area contributed by atoms with Gasteiger partial charge in [-0.25, -0.2) is 0 Å². The number of carbonyl (C=O) groups is 2. The van der Waals surface area contributed by atoms with E-state index in [1.165, 1.54) is 12.8 Å². The third kappa shape index (κ3) is 5.22. The fourth-order valence-electron chi connectivity index (χ4n) is 5.00. The predicted octanol–water partition coefficient (Wildman–Crippen LogP) is 3.74. The second-order valence-corrected chi connectivity index (χ2v) is 9.15. The Bertz CT molecular complexity index is 461. The minimum Gasteiger partial charge on any atom is -0.345 e. The number of likely N-dealkylation sites (tertiary alicyclic amines) is 1. The Morgan fingerprint density at radius 1 is 1.21 bits per heavy atom. The molecule has 0 radical (unpaired) electrons. The molecule has 1 aliphatic heterocycles. The van der Waals surface area contributed by atoms with E-state index < -0.39 is 6.04 Å². The molecule has 1 saturated heterocycles. The monoisotopic (exact) mass is 336 g/mol. The SMILES string of the molecule is C[C@@H]1C[C@H](CC(=O)N[C@H](C)C(=O)N2CCCC[C@@H]2C)CC(C)(C)C1. The van der Waals surface area contributed by atoms with Crippen molar-refractivity contribution in [2.24, 2.45) is 17.3 Å². The molecule has 1 saturated carbocycles. The lowest BCUT2D eigenvalue weighted by Gasteiger charge is -2.39. The van der Waals surface area contributed by atoms with E-state index in [1.54, 1.807) is 0 Å². The summed E-state index contributed by atoms with van der Waals surface area (Å²) in [7, 11) is 0. The summed E-state index contributed by atoms with van der Waals surface area (Å²) in [4.78, 5) is 27.0. The zero-order valence-corrected chi connectivity index (χ0v) is 16.2. The van der Waals surface area contributed by atoms with Gasteiger partial charge in [-0.05, 0) is 69.6 Å². The molecule has 4 heteroatoms. The van der Waals surface area contributed by atoms with Crippen LogP contribution in [0.5, 0.6) is 0 Å². The molecule has 0 unspecified atom stereocenters. The maximum atomic E-state index is 12.6. The van der Waals surface area contributed by atoms with Crippen LogP contribution in [0.15, 0.2) is 0 Å². The molecule has 0 aromatic heterocycles. The van der Waals surface area contributed by atoms with Gasteiger partial charge in [0.2, 0.25) is 11.8 Å². The smallest absolute Gasteiger partial charge is 0.245 e. The third-order valence-electron chi connectivity index (χ3n) is 5.79. The summed E-state index contributed by atoms with van der Waals surface area (Å²) < 4.78 is 0. The van der Waals surface area contributed by atoms with Gasteiger partial charge in [-0.15, -0.1) is 0 Å². The third-order valence-corrected chi connectivity index (χ3v) is 5.79. The standard InChI is InChI=1S/C20H36N2O2/c1-14-10-17(13-20(4,5)12-14)11-18(23)21-16(3)19(24)22-9-7-6-8-15(22)2/h14-17H,6-13H2,1-5H3,(H,21,23)/t14-,15+,16-,17-/m1/s1. The Kier molecular flexibility index (Phi) is 6.33. The number of hydrogen-bond donors (Lipinski definition) is 1. The molecule has 138 valence electrons. The first-order chi connectivity index (χ1) is 11.2. The maximum absolute atomic E-state index is 12.6. The highest BCUT2D eigenvalue weighted by molar-refractivity contribution is 5.87. The van der Waals surface area contributed by atoms with E-state index >= 15 is 0 Å². The normalized spacial score (nSPS) is 31.4. The van der Waals surface area contributed by atoms with Crippen LogP contribution in [0.25, 0.3) is 0 Å². The molecule has 4 nitrogen and oxygen atoms in total. The fraction of sp³-hybridized carbons (Fsp3) is 0.900. The van der Waals surface area contributed by atoms with Crippen LogP contribution in [0, 0.1) is 17.3 Å². The Hall–Kier alpha value is -1.06. The number of hydrogen-bond acceptors (Lipinski definition) is 2. The quantitative estimate of drug-likeness (QED) is 0.850. The van der Waals surface area contributed by atoms with Crippen molar-refractivity contribution in [1.82, 2.24) is 10.2 Å². The summed E-state index contributed by atoms with van der Waals surface area (Å²) in [5, 5.41) is 2.96. The molecular formula is C20H36N2O2. The molecule has 0 aromatic carbocycles. The summed E-state index contributed by atoms with van der Waals surface area (Å²) in [6, 6.07) is -0.113. The zero-order chi connectivity index (χ0) is 17.9. The van der Waals surface area contributed by atoms with Crippen LogP contribution in [0.4, 0.5) is 0 Å². The van der Waals surface area contributed by atoms with Crippen molar-refractivity contribution in [1.29, 1.82) is 0 Å². The van der Waals surface area contributed by atoms with Gasteiger partial charge in [0.1, 0.15) is 6.04 Å². The summed E-state index contributed by atoms with van der Waals surface area (Å²) >= 11 is 0. The van der Waals surface area contributed by atoms with E-state index in [1.807, 2.05) is 11.8 Å². The van der Waals surface area contributed by atoms with E-state index in [9.17, 15) is 9.59 Å². The van der Waals surface area contributed by atoms with E-state index in [0.717, 1.165) is 32.2 Å². The van der Waals surface area contributed by atoms with Gasteiger partial charge in [0.05, 0.1) is 0 Å². The fourth-order valence-corrected chi connectivity index (χ4v) is 5.00. The lowest BCUT2D eigenvalue weighted by molar-refractivity contribution is -0.139. The maximum Gasteiger partial charge on any atom is 0.245 e. The molecule has 2 rings (SSSR count).